The first kappa shape index (κ1) is 17.6. The summed E-state index contributed by atoms with van der Waals surface area (Å²) in [6, 6.07) is 4.85. The number of nitrogens with one attached hydrogen (secondary N) is 1. The van der Waals surface area contributed by atoms with Crippen LogP contribution in [-0.4, -0.2) is 63.1 Å². The lowest BCUT2D eigenvalue weighted by Crippen LogP contribution is -2.53. The van der Waals surface area contributed by atoms with Gasteiger partial charge < -0.3 is 15.1 Å². The summed E-state index contributed by atoms with van der Waals surface area (Å²) in [6.45, 7) is 2.40. The van der Waals surface area contributed by atoms with Crippen molar-refractivity contribution in [2.24, 2.45) is 0 Å². The van der Waals surface area contributed by atoms with Crippen molar-refractivity contribution >= 4 is 44.8 Å². The van der Waals surface area contributed by atoms with Crippen molar-refractivity contribution in [3.63, 3.8) is 0 Å². The van der Waals surface area contributed by atoms with Gasteiger partial charge in [0.1, 0.15) is 0 Å². The molecule has 24 heavy (non-hydrogen) atoms. The van der Waals surface area contributed by atoms with Crippen molar-refractivity contribution in [1.82, 2.24) is 10.2 Å². The predicted molar refractivity (Wildman–Crippen MR) is 95.8 cm³/mol. The third-order valence-corrected chi connectivity index (χ3v) is 6.70. The van der Waals surface area contributed by atoms with E-state index in [1.807, 2.05) is 6.07 Å². The minimum absolute atomic E-state index is 0.0385. The van der Waals surface area contributed by atoms with E-state index >= 15 is 0 Å². The molecule has 6 nitrogen and oxygen atoms in total. The van der Waals surface area contributed by atoms with Gasteiger partial charge in [0, 0.05) is 37.2 Å². The number of urea groups is 1. The number of halogens is 2. The second-order valence-electron chi connectivity index (χ2n) is 6.12. The van der Waals surface area contributed by atoms with Gasteiger partial charge in [0.2, 0.25) is 0 Å². The quantitative estimate of drug-likeness (QED) is 0.836. The van der Waals surface area contributed by atoms with Gasteiger partial charge in [-0.3, -0.25) is 0 Å². The summed E-state index contributed by atoms with van der Waals surface area (Å²) in [4.78, 5) is 16.1. The Morgan fingerprint density at radius 3 is 2.50 bits per heavy atom. The van der Waals surface area contributed by atoms with E-state index in [2.05, 4.69) is 10.2 Å². The number of benzene rings is 1. The van der Waals surface area contributed by atoms with Gasteiger partial charge in [-0.1, -0.05) is 23.2 Å². The molecule has 0 saturated carbocycles. The number of sulfone groups is 1. The van der Waals surface area contributed by atoms with E-state index in [4.69, 9.17) is 23.2 Å². The molecule has 0 bridgehead atoms. The summed E-state index contributed by atoms with van der Waals surface area (Å²) < 4.78 is 22.9. The molecule has 2 amide bonds. The van der Waals surface area contributed by atoms with Crippen molar-refractivity contribution < 1.29 is 13.2 Å². The Morgan fingerprint density at radius 1 is 1.17 bits per heavy atom. The lowest BCUT2D eigenvalue weighted by molar-refractivity contribution is 0.191. The Balaban J connectivity index is 1.55. The maximum absolute atomic E-state index is 12.3. The number of anilines is 1. The average molecular weight is 392 g/mol. The predicted octanol–water partition coefficient (Wildman–Crippen LogP) is 2.01. The molecule has 0 radical (unpaired) electrons. The molecule has 9 heteroatoms. The molecular formula is C15H19Cl2N3O3S. The molecule has 2 aliphatic rings. The molecule has 0 spiro atoms. The number of hydrogen-bond donors (Lipinski definition) is 1. The van der Waals surface area contributed by atoms with Crippen molar-refractivity contribution in [2.45, 2.75) is 12.5 Å². The van der Waals surface area contributed by atoms with Crippen LogP contribution in [0.15, 0.2) is 18.2 Å². The van der Waals surface area contributed by atoms with E-state index in [9.17, 15) is 13.2 Å². The zero-order chi connectivity index (χ0) is 17.3. The maximum Gasteiger partial charge on any atom is 0.317 e. The van der Waals surface area contributed by atoms with E-state index in [0.717, 1.165) is 5.69 Å². The van der Waals surface area contributed by atoms with Crippen LogP contribution in [-0.2, 0) is 9.84 Å². The van der Waals surface area contributed by atoms with Gasteiger partial charge in [-0.25, -0.2) is 13.2 Å². The highest BCUT2D eigenvalue weighted by atomic mass is 35.5. The number of piperazine rings is 1. The van der Waals surface area contributed by atoms with Gasteiger partial charge >= 0.3 is 6.03 Å². The van der Waals surface area contributed by atoms with Crippen LogP contribution in [0, 0.1) is 0 Å². The Morgan fingerprint density at radius 2 is 1.88 bits per heavy atom. The van der Waals surface area contributed by atoms with Gasteiger partial charge in [0.05, 0.1) is 22.2 Å². The number of carbonyl (C=O) groups excluding carboxylic acids is 1. The van der Waals surface area contributed by atoms with E-state index in [0.29, 0.717) is 42.6 Å². The second-order valence-corrected chi connectivity index (χ2v) is 9.19. The van der Waals surface area contributed by atoms with Crippen molar-refractivity contribution in [1.29, 1.82) is 0 Å². The molecular weight excluding hydrogens is 373 g/mol. The molecule has 1 unspecified atom stereocenters. The van der Waals surface area contributed by atoms with Gasteiger partial charge in [-0.2, -0.15) is 0 Å². The zero-order valence-electron chi connectivity index (χ0n) is 13.0. The molecule has 2 heterocycles. The molecule has 0 aliphatic carbocycles. The topological polar surface area (TPSA) is 69.7 Å². The van der Waals surface area contributed by atoms with Gasteiger partial charge in [-0.05, 0) is 24.6 Å². The summed E-state index contributed by atoms with van der Waals surface area (Å²) in [5.41, 5.74) is 0.867. The van der Waals surface area contributed by atoms with Gasteiger partial charge in [0.15, 0.2) is 9.84 Å². The summed E-state index contributed by atoms with van der Waals surface area (Å²) in [5.74, 6) is 0.190. The van der Waals surface area contributed by atoms with Crippen LogP contribution in [0.5, 0.6) is 0 Å². The molecule has 0 aromatic heterocycles. The average Bonchev–Trinajstić information content (AvgIpc) is 2.88. The van der Waals surface area contributed by atoms with Crippen LogP contribution in [0.25, 0.3) is 0 Å². The fraction of sp³-hybridized carbons (Fsp3) is 0.533. The highest BCUT2D eigenvalue weighted by Gasteiger charge is 2.31. The first-order valence-corrected chi connectivity index (χ1v) is 10.4. The fourth-order valence-corrected chi connectivity index (χ4v) is 5.13. The molecule has 2 fully saturated rings. The highest BCUT2D eigenvalue weighted by molar-refractivity contribution is 7.91. The second kappa shape index (κ2) is 6.98. The molecule has 1 N–H and O–H groups in total. The van der Waals surface area contributed by atoms with E-state index < -0.39 is 9.84 Å². The number of carbonyl (C=O) groups is 1. The number of hydrogen-bond acceptors (Lipinski definition) is 4. The fourth-order valence-electron chi connectivity index (χ4n) is 3.05. The summed E-state index contributed by atoms with van der Waals surface area (Å²) >= 11 is 12.2. The Kier molecular flexibility index (Phi) is 5.13. The monoisotopic (exact) mass is 391 g/mol. The van der Waals surface area contributed by atoms with Crippen molar-refractivity contribution in [3.8, 4) is 0 Å². The molecule has 1 aromatic rings. The van der Waals surface area contributed by atoms with Crippen molar-refractivity contribution in [2.75, 3.05) is 42.6 Å². The maximum atomic E-state index is 12.3. The molecule has 2 saturated heterocycles. The van der Waals surface area contributed by atoms with Crippen LogP contribution in [0.2, 0.25) is 10.0 Å². The molecule has 2 aliphatic heterocycles. The summed E-state index contributed by atoms with van der Waals surface area (Å²) in [6.07, 6.45) is 0.492. The van der Waals surface area contributed by atoms with E-state index in [-0.39, 0.29) is 23.6 Å². The van der Waals surface area contributed by atoms with Crippen LogP contribution < -0.4 is 10.2 Å². The first-order valence-electron chi connectivity index (χ1n) is 7.80. The number of amides is 2. The number of rotatable bonds is 2. The summed E-state index contributed by atoms with van der Waals surface area (Å²) in [5, 5.41) is 4.08. The third kappa shape index (κ3) is 4.07. The Hall–Kier alpha value is -1.18. The molecule has 3 rings (SSSR count). The molecule has 1 aromatic carbocycles. The lowest BCUT2D eigenvalue weighted by Gasteiger charge is -2.36. The lowest BCUT2D eigenvalue weighted by atomic mass is 10.2. The normalized spacial score (nSPS) is 23.3. The van der Waals surface area contributed by atoms with E-state index in [1.165, 1.54) is 0 Å². The van der Waals surface area contributed by atoms with Crippen LogP contribution in [0.4, 0.5) is 10.5 Å². The van der Waals surface area contributed by atoms with Crippen LogP contribution >= 0.6 is 23.2 Å². The summed E-state index contributed by atoms with van der Waals surface area (Å²) in [7, 11) is -2.99. The largest absolute Gasteiger partial charge is 0.367 e. The van der Waals surface area contributed by atoms with Crippen molar-refractivity contribution in [3.05, 3.63) is 28.2 Å². The van der Waals surface area contributed by atoms with Gasteiger partial charge in [0.25, 0.3) is 0 Å². The smallest absolute Gasteiger partial charge is 0.317 e. The Labute approximate surface area is 151 Å². The standard InChI is InChI=1S/C15H19Cl2N3O3S/c16-11-1-2-13(17)14(9-11)19-4-6-20(7-5-19)15(21)18-12-3-8-24(22,23)10-12/h1-2,9,12H,3-8,10H2,(H,18,21). The van der Waals surface area contributed by atoms with Crippen LogP contribution in [0.3, 0.4) is 0 Å². The Bertz CT molecular complexity index is 733. The highest BCUT2D eigenvalue weighted by Crippen LogP contribution is 2.29. The van der Waals surface area contributed by atoms with Crippen LogP contribution in [0.1, 0.15) is 6.42 Å². The first-order chi connectivity index (χ1) is 11.3. The molecule has 1 atom stereocenters. The van der Waals surface area contributed by atoms with Gasteiger partial charge in [-0.15, -0.1) is 0 Å². The minimum atomic E-state index is -2.99. The third-order valence-electron chi connectivity index (χ3n) is 4.38. The SMILES string of the molecule is O=C(NC1CCS(=O)(=O)C1)N1CCN(c2cc(Cl)ccc2Cl)CC1. The minimum Gasteiger partial charge on any atom is -0.367 e. The molecule has 132 valence electrons. The number of nitrogens with zero attached hydrogens (tertiary/aromatic N) is 2. The zero-order valence-corrected chi connectivity index (χ0v) is 15.4. The van der Waals surface area contributed by atoms with E-state index in [1.54, 1.807) is 17.0 Å².